The fraction of sp³-hybridized carbons (Fsp3) is 0.630. The lowest BCUT2D eigenvalue weighted by atomic mass is 9.88. The van der Waals surface area contributed by atoms with Crippen LogP contribution in [0.5, 0.6) is 0 Å². The van der Waals surface area contributed by atoms with E-state index in [0.717, 1.165) is 18.5 Å². The van der Waals surface area contributed by atoms with E-state index in [9.17, 15) is 0 Å². The number of aromatic nitrogens is 2. The summed E-state index contributed by atoms with van der Waals surface area (Å²) in [6.07, 6.45) is 24.7. The Hall–Kier alpha value is -1.26. The molecular weight excluding hydrogens is 446 g/mol. The van der Waals surface area contributed by atoms with Crippen molar-refractivity contribution in [2.45, 2.75) is 89.6 Å². The highest BCUT2D eigenvalue weighted by Crippen LogP contribution is 2.29. The molecule has 2 atom stereocenters. The Balaban J connectivity index is 0.00000341. The average Bonchev–Trinajstić information content (AvgIpc) is 3.21. The number of halogens is 1. The minimum absolute atomic E-state index is 0. The van der Waals surface area contributed by atoms with E-state index in [1.807, 2.05) is 18.5 Å². The van der Waals surface area contributed by atoms with Gasteiger partial charge < -0.3 is 21.9 Å². The lowest BCUT2D eigenvalue weighted by molar-refractivity contribution is -0.698. The standard InChI is InChI=1S/C27H42N3.BrH/c1-29-20-13-17-27(29)26(18-23-30-21-10-7-11-22-30)16-9-6-4-2-3-5-8-14-25-15-12-19-28-24-25;/h7,10-12,15,19,21-22,24,26-27H,2-6,8-9,13-14,16-18,20,23H2,1H3;1H/q+1;/p-1. The lowest BCUT2D eigenvalue weighted by Gasteiger charge is -2.28. The molecule has 0 bridgehead atoms. The summed E-state index contributed by atoms with van der Waals surface area (Å²) in [5.74, 6) is 0.852. The third-order valence-corrected chi connectivity index (χ3v) is 6.92. The molecule has 4 heteroatoms. The van der Waals surface area contributed by atoms with Crippen molar-refractivity contribution in [3.05, 3.63) is 60.7 Å². The molecule has 3 nitrogen and oxygen atoms in total. The van der Waals surface area contributed by atoms with Crippen LogP contribution in [0, 0.1) is 5.92 Å². The van der Waals surface area contributed by atoms with Crippen LogP contribution in [0.1, 0.15) is 76.2 Å². The first kappa shape index (κ1) is 26.0. The van der Waals surface area contributed by atoms with Crippen LogP contribution in [0.25, 0.3) is 0 Å². The van der Waals surface area contributed by atoms with Crippen molar-refractivity contribution in [1.82, 2.24) is 9.88 Å². The first-order chi connectivity index (χ1) is 14.8. The van der Waals surface area contributed by atoms with Crippen molar-refractivity contribution in [3.8, 4) is 0 Å². The predicted octanol–water partition coefficient (Wildman–Crippen LogP) is 2.84. The zero-order valence-electron chi connectivity index (χ0n) is 19.5. The van der Waals surface area contributed by atoms with Gasteiger partial charge in [0.1, 0.15) is 6.54 Å². The molecule has 1 aliphatic heterocycles. The number of hydrogen-bond acceptors (Lipinski definition) is 2. The molecule has 3 rings (SSSR count). The largest absolute Gasteiger partial charge is 1.00 e. The smallest absolute Gasteiger partial charge is 0.168 e. The highest BCUT2D eigenvalue weighted by Gasteiger charge is 2.29. The third kappa shape index (κ3) is 9.82. The van der Waals surface area contributed by atoms with Gasteiger partial charge in [-0.2, -0.15) is 0 Å². The quantitative estimate of drug-likeness (QED) is 0.301. The van der Waals surface area contributed by atoms with Gasteiger partial charge in [-0.15, -0.1) is 0 Å². The number of nitrogens with zero attached hydrogens (tertiary/aromatic N) is 3. The Morgan fingerprint density at radius 2 is 1.71 bits per heavy atom. The molecule has 0 spiro atoms. The number of rotatable bonds is 14. The van der Waals surface area contributed by atoms with Crippen molar-refractivity contribution in [1.29, 1.82) is 0 Å². The van der Waals surface area contributed by atoms with Gasteiger partial charge in [-0.3, -0.25) is 4.98 Å². The Bertz CT molecular complexity index is 679. The van der Waals surface area contributed by atoms with E-state index in [2.05, 4.69) is 58.2 Å². The van der Waals surface area contributed by atoms with Crippen molar-refractivity contribution >= 4 is 0 Å². The second kappa shape index (κ2) is 15.5. The SMILES string of the molecule is CN1CCCC1C(CCCCCCCCCc1cccnc1)CC[n+]1ccccc1.[Br-]. The summed E-state index contributed by atoms with van der Waals surface area (Å²) >= 11 is 0. The average molecular weight is 489 g/mol. The zero-order chi connectivity index (χ0) is 20.9. The van der Waals surface area contributed by atoms with Gasteiger partial charge in [-0.05, 0) is 63.2 Å². The van der Waals surface area contributed by atoms with Gasteiger partial charge in [-0.1, -0.05) is 50.7 Å². The Labute approximate surface area is 201 Å². The molecule has 0 N–H and O–H groups in total. The molecule has 1 fully saturated rings. The first-order valence-electron chi connectivity index (χ1n) is 12.4. The minimum Gasteiger partial charge on any atom is -1.00 e. The molecule has 3 heterocycles. The topological polar surface area (TPSA) is 20.0 Å². The van der Waals surface area contributed by atoms with E-state index in [0.29, 0.717) is 0 Å². The lowest BCUT2D eigenvalue weighted by Crippen LogP contribution is -3.00. The predicted molar refractivity (Wildman–Crippen MR) is 125 cm³/mol. The molecule has 172 valence electrons. The fourth-order valence-electron chi connectivity index (χ4n) is 5.12. The monoisotopic (exact) mass is 487 g/mol. The number of likely N-dealkylation sites (tertiary alicyclic amines) is 1. The molecule has 0 saturated carbocycles. The molecule has 0 aromatic carbocycles. The van der Waals surface area contributed by atoms with E-state index in [1.54, 1.807) is 0 Å². The number of unbranched alkanes of at least 4 members (excludes halogenated alkanes) is 6. The van der Waals surface area contributed by atoms with Crippen LogP contribution in [-0.2, 0) is 13.0 Å². The molecule has 0 aliphatic carbocycles. The molecule has 1 saturated heterocycles. The number of aryl methyl sites for hydroxylation is 2. The second-order valence-corrected chi connectivity index (χ2v) is 9.23. The summed E-state index contributed by atoms with van der Waals surface area (Å²) in [4.78, 5) is 6.83. The minimum atomic E-state index is 0. The van der Waals surface area contributed by atoms with Crippen LogP contribution < -0.4 is 21.5 Å². The van der Waals surface area contributed by atoms with Gasteiger partial charge in [0.25, 0.3) is 0 Å². The normalized spacial score (nSPS) is 17.4. The molecule has 2 aromatic rings. The van der Waals surface area contributed by atoms with Crippen LogP contribution in [0.2, 0.25) is 0 Å². The van der Waals surface area contributed by atoms with Crippen molar-refractivity contribution in [3.63, 3.8) is 0 Å². The molecule has 0 radical (unpaired) electrons. The maximum absolute atomic E-state index is 4.21. The summed E-state index contributed by atoms with van der Waals surface area (Å²) < 4.78 is 2.35. The van der Waals surface area contributed by atoms with E-state index in [1.165, 1.54) is 89.2 Å². The van der Waals surface area contributed by atoms with Crippen LogP contribution in [0.15, 0.2) is 55.1 Å². The van der Waals surface area contributed by atoms with E-state index < -0.39 is 0 Å². The Morgan fingerprint density at radius 3 is 2.39 bits per heavy atom. The fourth-order valence-corrected chi connectivity index (χ4v) is 5.12. The van der Waals surface area contributed by atoms with Crippen molar-refractivity contribution < 1.29 is 21.5 Å². The molecule has 0 amide bonds. The van der Waals surface area contributed by atoms with Gasteiger partial charge in [-0.25, -0.2) is 4.57 Å². The van der Waals surface area contributed by atoms with Gasteiger partial charge in [0.2, 0.25) is 0 Å². The highest BCUT2D eigenvalue weighted by molar-refractivity contribution is 5.08. The Morgan fingerprint density at radius 1 is 0.968 bits per heavy atom. The first-order valence-corrected chi connectivity index (χ1v) is 12.4. The Kier molecular flexibility index (Phi) is 13.0. The van der Waals surface area contributed by atoms with Gasteiger partial charge in [0.05, 0.1) is 0 Å². The van der Waals surface area contributed by atoms with Crippen LogP contribution >= 0.6 is 0 Å². The molecule has 2 aromatic heterocycles. The molecule has 1 aliphatic rings. The summed E-state index contributed by atoms with van der Waals surface area (Å²) in [6.45, 7) is 2.45. The van der Waals surface area contributed by atoms with E-state index >= 15 is 0 Å². The van der Waals surface area contributed by atoms with Crippen LogP contribution in [0.3, 0.4) is 0 Å². The summed E-state index contributed by atoms with van der Waals surface area (Å²) in [5.41, 5.74) is 1.38. The summed E-state index contributed by atoms with van der Waals surface area (Å²) in [5, 5.41) is 0. The van der Waals surface area contributed by atoms with Crippen LogP contribution in [-0.4, -0.2) is 29.5 Å². The van der Waals surface area contributed by atoms with Crippen LogP contribution in [0.4, 0.5) is 0 Å². The third-order valence-electron chi connectivity index (χ3n) is 6.92. The van der Waals surface area contributed by atoms with Crippen molar-refractivity contribution in [2.24, 2.45) is 5.92 Å². The zero-order valence-corrected chi connectivity index (χ0v) is 21.1. The molecule has 2 unspecified atom stereocenters. The van der Waals surface area contributed by atoms with Gasteiger partial charge >= 0.3 is 0 Å². The maximum atomic E-state index is 4.21. The molecule has 31 heavy (non-hydrogen) atoms. The summed E-state index contributed by atoms with van der Waals surface area (Å²) in [7, 11) is 2.34. The second-order valence-electron chi connectivity index (χ2n) is 9.23. The van der Waals surface area contributed by atoms with Crippen molar-refractivity contribution in [2.75, 3.05) is 13.6 Å². The van der Waals surface area contributed by atoms with E-state index in [4.69, 9.17) is 0 Å². The van der Waals surface area contributed by atoms with Gasteiger partial charge in [0.15, 0.2) is 12.4 Å². The molecular formula is C27H42BrN3. The van der Waals surface area contributed by atoms with Gasteiger partial charge in [0, 0.05) is 37.0 Å². The number of hydrogen-bond donors (Lipinski definition) is 0. The maximum Gasteiger partial charge on any atom is 0.168 e. The summed E-state index contributed by atoms with van der Waals surface area (Å²) in [6, 6.07) is 11.5. The van der Waals surface area contributed by atoms with E-state index in [-0.39, 0.29) is 17.0 Å². The number of pyridine rings is 2. The highest BCUT2D eigenvalue weighted by atomic mass is 79.9.